The van der Waals surface area contributed by atoms with Crippen LogP contribution in [-0.4, -0.2) is 5.97 Å². The van der Waals surface area contributed by atoms with Gasteiger partial charge in [0.1, 0.15) is 0 Å². The van der Waals surface area contributed by atoms with Gasteiger partial charge >= 0.3 is 12.1 Å². The molecule has 0 radical (unpaired) electrons. The number of halogens is 3. The predicted octanol–water partition coefficient (Wildman–Crippen LogP) is 4.06. The van der Waals surface area contributed by atoms with Crippen LogP contribution in [0.5, 0.6) is 0 Å². The van der Waals surface area contributed by atoms with Gasteiger partial charge < -0.3 is 4.74 Å². The first-order chi connectivity index (χ1) is 9.60. The van der Waals surface area contributed by atoms with Gasteiger partial charge in [-0.05, 0) is 32.9 Å². The summed E-state index contributed by atoms with van der Waals surface area (Å²) in [5.41, 5.74) is -1.55. The summed E-state index contributed by atoms with van der Waals surface area (Å²) < 4.78 is 42.9. The van der Waals surface area contributed by atoms with Crippen molar-refractivity contribution in [3.8, 4) is 11.8 Å². The molecule has 1 unspecified atom stereocenters. The summed E-state index contributed by atoms with van der Waals surface area (Å²) in [6, 6.07) is 4.36. The molecule has 0 N–H and O–H groups in total. The lowest BCUT2D eigenvalue weighted by Crippen LogP contribution is -2.28. The van der Waals surface area contributed by atoms with E-state index in [2.05, 4.69) is 18.4 Å². The fourth-order valence-electron chi connectivity index (χ4n) is 1.64. The molecule has 5 heteroatoms. The molecule has 1 atom stereocenters. The Hall–Kier alpha value is -2.22. The third-order valence-corrected chi connectivity index (χ3v) is 2.77. The molecule has 0 aromatic heterocycles. The van der Waals surface area contributed by atoms with Crippen molar-refractivity contribution in [3.63, 3.8) is 0 Å². The Balaban J connectivity index is 3.19. The van der Waals surface area contributed by atoms with Gasteiger partial charge in [0.05, 0.1) is 5.56 Å². The maximum Gasteiger partial charge on any atom is 0.416 e. The molecule has 2 nitrogen and oxygen atoms in total. The summed E-state index contributed by atoms with van der Waals surface area (Å²) in [6.07, 6.45) is -4.42. The van der Waals surface area contributed by atoms with Crippen molar-refractivity contribution in [3.05, 3.63) is 47.5 Å². The zero-order valence-corrected chi connectivity index (χ0v) is 12.0. The van der Waals surface area contributed by atoms with Gasteiger partial charge in [0.25, 0.3) is 0 Å². The zero-order valence-electron chi connectivity index (χ0n) is 12.0. The van der Waals surface area contributed by atoms with Crippen molar-refractivity contribution in [1.29, 1.82) is 0 Å². The lowest BCUT2D eigenvalue weighted by atomic mass is 9.95. The van der Waals surface area contributed by atoms with Gasteiger partial charge in [0, 0.05) is 11.1 Å². The highest BCUT2D eigenvalue weighted by Gasteiger charge is 2.33. The molecule has 21 heavy (non-hydrogen) atoms. The summed E-state index contributed by atoms with van der Waals surface area (Å²) in [4.78, 5) is 11.7. The van der Waals surface area contributed by atoms with Crippen molar-refractivity contribution >= 4 is 5.97 Å². The molecule has 1 aromatic rings. The highest BCUT2D eigenvalue weighted by Crippen LogP contribution is 2.32. The minimum Gasteiger partial charge on any atom is -0.438 e. The highest BCUT2D eigenvalue weighted by atomic mass is 19.4. The van der Waals surface area contributed by atoms with Crippen LogP contribution >= 0.6 is 0 Å². The Labute approximate surface area is 121 Å². The lowest BCUT2D eigenvalue weighted by Gasteiger charge is -2.25. The number of alkyl halides is 3. The fraction of sp³-hybridized carbons (Fsp3) is 0.312. The van der Waals surface area contributed by atoms with Gasteiger partial charge in [-0.15, -0.1) is 5.92 Å². The van der Waals surface area contributed by atoms with E-state index in [-0.39, 0.29) is 5.57 Å². The number of hydrogen-bond acceptors (Lipinski definition) is 2. The minimum absolute atomic E-state index is 0.186. The van der Waals surface area contributed by atoms with E-state index in [1.54, 1.807) is 6.92 Å². The zero-order chi connectivity index (χ0) is 16.3. The van der Waals surface area contributed by atoms with E-state index in [9.17, 15) is 18.0 Å². The van der Waals surface area contributed by atoms with Gasteiger partial charge in [-0.2, -0.15) is 13.2 Å². The van der Waals surface area contributed by atoms with Crippen LogP contribution in [0.2, 0.25) is 0 Å². The largest absolute Gasteiger partial charge is 0.438 e. The van der Waals surface area contributed by atoms with Gasteiger partial charge in [-0.1, -0.05) is 24.6 Å². The molecule has 0 aliphatic rings. The maximum absolute atomic E-state index is 12.6. The van der Waals surface area contributed by atoms with Gasteiger partial charge in [0.2, 0.25) is 0 Å². The quantitative estimate of drug-likeness (QED) is 0.477. The van der Waals surface area contributed by atoms with Gasteiger partial charge in [0.15, 0.2) is 5.60 Å². The predicted molar refractivity (Wildman–Crippen MR) is 73.2 cm³/mol. The number of hydrogen-bond donors (Lipinski definition) is 0. The average molecular weight is 296 g/mol. The van der Waals surface area contributed by atoms with E-state index in [1.807, 2.05) is 0 Å². The molecule has 0 aliphatic carbocycles. The molecule has 0 heterocycles. The summed E-state index contributed by atoms with van der Waals surface area (Å²) in [5.74, 6) is 4.67. The van der Waals surface area contributed by atoms with E-state index in [0.29, 0.717) is 5.56 Å². The standard InChI is InChI=1S/C16H15F3O2/c1-5-10-15(4,21-14(20)11(2)3)12-6-8-13(9-7-12)16(17,18)19/h6-9H,2H2,1,3-4H3. The summed E-state index contributed by atoms with van der Waals surface area (Å²) in [5, 5.41) is 0. The average Bonchev–Trinajstić information content (AvgIpc) is 2.38. The van der Waals surface area contributed by atoms with Crippen LogP contribution in [0.3, 0.4) is 0 Å². The first kappa shape index (κ1) is 16.8. The van der Waals surface area contributed by atoms with Crippen LogP contribution in [-0.2, 0) is 21.3 Å². The molecular formula is C16H15F3O2. The second-order valence-corrected chi connectivity index (χ2v) is 4.65. The minimum atomic E-state index is -4.42. The molecule has 112 valence electrons. The van der Waals surface area contributed by atoms with E-state index < -0.39 is 23.3 Å². The molecule has 0 bridgehead atoms. The number of carbonyl (C=O) groups is 1. The number of esters is 1. The Morgan fingerprint density at radius 3 is 2.05 bits per heavy atom. The number of ether oxygens (including phenoxy) is 1. The topological polar surface area (TPSA) is 26.3 Å². The summed E-state index contributed by atoms with van der Waals surface area (Å²) in [6.45, 7) is 8.02. The normalized spacial score (nSPS) is 13.6. The summed E-state index contributed by atoms with van der Waals surface area (Å²) >= 11 is 0. The molecule has 1 aromatic carbocycles. The van der Waals surface area contributed by atoms with Crippen molar-refractivity contribution in [2.24, 2.45) is 0 Å². The molecular weight excluding hydrogens is 281 g/mol. The van der Waals surface area contributed by atoms with Gasteiger partial charge in [-0.25, -0.2) is 4.79 Å². The Kier molecular flexibility index (Phi) is 4.84. The third-order valence-electron chi connectivity index (χ3n) is 2.77. The number of benzene rings is 1. The maximum atomic E-state index is 12.6. The van der Waals surface area contributed by atoms with E-state index in [4.69, 9.17) is 4.74 Å². The smallest absolute Gasteiger partial charge is 0.416 e. The second kappa shape index (κ2) is 6.04. The molecule has 1 rings (SSSR count). The van der Waals surface area contributed by atoms with E-state index in [1.165, 1.54) is 26.0 Å². The molecule has 0 aliphatic heterocycles. The van der Waals surface area contributed by atoms with E-state index in [0.717, 1.165) is 12.1 Å². The van der Waals surface area contributed by atoms with Crippen molar-refractivity contribution in [2.75, 3.05) is 0 Å². The van der Waals surface area contributed by atoms with Crippen LogP contribution in [0.15, 0.2) is 36.4 Å². The van der Waals surface area contributed by atoms with Crippen LogP contribution < -0.4 is 0 Å². The monoisotopic (exact) mass is 296 g/mol. The van der Waals surface area contributed by atoms with E-state index >= 15 is 0 Å². The number of rotatable bonds is 3. The Bertz CT molecular complexity index is 603. The van der Waals surface area contributed by atoms with Crippen molar-refractivity contribution < 1.29 is 22.7 Å². The van der Waals surface area contributed by atoms with Crippen LogP contribution in [0.1, 0.15) is 31.9 Å². The summed E-state index contributed by atoms with van der Waals surface area (Å²) in [7, 11) is 0. The molecule has 0 spiro atoms. The first-order valence-corrected chi connectivity index (χ1v) is 6.10. The number of carbonyl (C=O) groups excluding carboxylic acids is 1. The fourth-order valence-corrected chi connectivity index (χ4v) is 1.64. The highest BCUT2D eigenvalue weighted by molar-refractivity contribution is 5.87. The van der Waals surface area contributed by atoms with Crippen molar-refractivity contribution in [1.82, 2.24) is 0 Å². The first-order valence-electron chi connectivity index (χ1n) is 6.10. The lowest BCUT2D eigenvalue weighted by molar-refractivity contribution is -0.149. The Morgan fingerprint density at radius 1 is 1.19 bits per heavy atom. The SMILES string of the molecule is C=C(C)C(=O)OC(C)(C#CC)c1ccc(C(F)(F)F)cc1. The van der Waals surface area contributed by atoms with Crippen LogP contribution in [0, 0.1) is 11.8 Å². The second-order valence-electron chi connectivity index (χ2n) is 4.65. The van der Waals surface area contributed by atoms with Crippen molar-refractivity contribution in [2.45, 2.75) is 32.5 Å². The molecule has 0 fully saturated rings. The van der Waals surface area contributed by atoms with Crippen LogP contribution in [0.4, 0.5) is 13.2 Å². The molecule has 0 saturated heterocycles. The third kappa shape index (κ3) is 4.12. The Morgan fingerprint density at radius 2 is 1.67 bits per heavy atom. The van der Waals surface area contributed by atoms with Gasteiger partial charge in [-0.3, -0.25) is 0 Å². The van der Waals surface area contributed by atoms with Crippen LogP contribution in [0.25, 0.3) is 0 Å². The molecule has 0 amide bonds. The molecule has 0 saturated carbocycles.